The third kappa shape index (κ3) is 18.9. The van der Waals surface area contributed by atoms with Crippen LogP contribution in [0.3, 0.4) is 0 Å². The number of ketones is 1. The molecule has 0 aromatic carbocycles. The maximum atomic E-state index is 11.8. The summed E-state index contributed by atoms with van der Waals surface area (Å²) in [5, 5.41) is 2.33. The number of hydrogen-bond donors (Lipinski definition) is 1. The molecule has 0 saturated carbocycles. The third-order valence-electron chi connectivity index (χ3n) is 3.04. The fourth-order valence-electron chi connectivity index (χ4n) is 1.91. The number of rotatable bonds is 7. The molecule has 0 aromatic heterocycles. The van der Waals surface area contributed by atoms with Crippen LogP contribution in [0.1, 0.15) is 67.7 Å². The van der Waals surface area contributed by atoms with Gasteiger partial charge in [-0.3, -0.25) is 11.8 Å². The summed E-state index contributed by atoms with van der Waals surface area (Å²) in [4.78, 5) is 22.4. The molecule has 0 saturated heterocycles. The van der Waals surface area contributed by atoms with Crippen LogP contribution in [0.5, 0.6) is 0 Å². The van der Waals surface area contributed by atoms with Crippen molar-refractivity contribution in [3.63, 3.8) is 0 Å². The van der Waals surface area contributed by atoms with Crippen LogP contribution in [0.4, 0.5) is 0 Å². The molecular formula is C19H37NO2SY-2. The first-order valence-corrected chi connectivity index (χ1v) is 9.51. The van der Waals surface area contributed by atoms with E-state index in [0.717, 1.165) is 12.2 Å². The number of unbranched alkanes of at least 4 members (excludes halogenated alkanes) is 1. The zero-order valence-corrected chi connectivity index (χ0v) is 20.5. The molecule has 0 fully saturated rings. The van der Waals surface area contributed by atoms with Crippen LogP contribution in [0.2, 0.25) is 0 Å². The van der Waals surface area contributed by atoms with E-state index in [2.05, 4.69) is 47.0 Å². The fourth-order valence-corrected chi connectivity index (χ4v) is 2.83. The van der Waals surface area contributed by atoms with Gasteiger partial charge < -0.3 is 17.0 Å². The second-order valence-corrected chi connectivity index (χ2v) is 9.19. The number of thioether (sulfide) groups is 1. The quantitative estimate of drug-likeness (QED) is 0.459. The van der Waals surface area contributed by atoms with Gasteiger partial charge in [0.15, 0.2) is 0 Å². The van der Waals surface area contributed by atoms with Gasteiger partial charge in [0.2, 0.25) is 5.91 Å². The van der Waals surface area contributed by atoms with Gasteiger partial charge in [-0.2, -0.15) is 11.8 Å². The molecule has 3 nitrogen and oxygen atoms in total. The smallest absolute Gasteiger partial charge is 0.200 e. The Balaban J connectivity index is -0.000000364. The van der Waals surface area contributed by atoms with Crippen molar-refractivity contribution >= 4 is 23.5 Å². The van der Waals surface area contributed by atoms with Crippen LogP contribution < -0.4 is 5.32 Å². The summed E-state index contributed by atoms with van der Waals surface area (Å²) in [6.45, 7) is 18.4. The number of amides is 1. The van der Waals surface area contributed by atoms with Gasteiger partial charge >= 0.3 is 0 Å². The van der Waals surface area contributed by atoms with Crippen LogP contribution in [-0.2, 0) is 42.3 Å². The largest absolute Gasteiger partial charge is 0.508 e. The Kier molecular flexibility index (Phi) is 18.0. The van der Waals surface area contributed by atoms with E-state index in [1.807, 2.05) is 20.8 Å². The molecule has 1 amide bonds. The molecular weight excluding hydrogens is 395 g/mol. The normalized spacial score (nSPS) is 12.4. The van der Waals surface area contributed by atoms with E-state index >= 15 is 0 Å². The van der Waals surface area contributed by atoms with Crippen molar-refractivity contribution in [3.8, 4) is 0 Å². The van der Waals surface area contributed by atoms with E-state index in [4.69, 9.17) is 0 Å². The predicted octanol–water partition coefficient (Wildman–Crippen LogP) is 4.91. The molecule has 5 heteroatoms. The minimum absolute atomic E-state index is 0. The summed E-state index contributed by atoms with van der Waals surface area (Å²) in [7, 11) is 3.27. The first-order valence-electron chi connectivity index (χ1n) is 8.36. The van der Waals surface area contributed by atoms with E-state index in [-0.39, 0.29) is 61.1 Å². The average molecular weight is 432 g/mol. The Morgan fingerprint density at radius 3 is 1.96 bits per heavy atom. The number of hydrogen-bond acceptors (Lipinski definition) is 3. The Morgan fingerprint density at radius 2 is 1.62 bits per heavy atom. The predicted molar refractivity (Wildman–Crippen MR) is 103 cm³/mol. The fraction of sp³-hybridized carbons (Fsp3) is 0.789. The van der Waals surface area contributed by atoms with Crippen molar-refractivity contribution in [1.82, 2.24) is 5.32 Å². The van der Waals surface area contributed by atoms with Crippen molar-refractivity contribution < 1.29 is 42.3 Å². The second-order valence-electron chi connectivity index (χ2n) is 8.08. The number of nitrogens with one attached hydrogen (secondary N) is 1. The first kappa shape index (κ1) is 29.4. The van der Waals surface area contributed by atoms with Gasteiger partial charge in [-0.05, 0) is 17.6 Å². The van der Waals surface area contributed by atoms with Crippen LogP contribution in [0.15, 0.2) is 0 Å². The summed E-state index contributed by atoms with van der Waals surface area (Å²) in [5.41, 5.74) is -0.0645. The zero-order valence-electron chi connectivity index (χ0n) is 16.8. The summed E-state index contributed by atoms with van der Waals surface area (Å²) < 4.78 is 0. The molecule has 1 atom stereocenters. The molecule has 0 bridgehead atoms. The molecule has 0 aromatic rings. The molecule has 0 spiro atoms. The molecule has 0 aliphatic carbocycles. The van der Waals surface area contributed by atoms with Gasteiger partial charge in [0.05, 0.1) is 5.75 Å². The van der Waals surface area contributed by atoms with Crippen molar-refractivity contribution in [2.24, 2.45) is 16.7 Å². The monoisotopic (exact) mass is 432 g/mol. The molecule has 1 N–H and O–H groups in total. The minimum Gasteiger partial charge on any atom is -0.508 e. The Hall–Kier alpha value is 0.594. The van der Waals surface area contributed by atoms with Gasteiger partial charge in [-0.15, -0.1) is 5.92 Å². The summed E-state index contributed by atoms with van der Waals surface area (Å²) >= 11 is 1.66. The minimum atomic E-state index is -0.252. The van der Waals surface area contributed by atoms with E-state index in [1.54, 1.807) is 11.8 Å². The molecule has 0 rings (SSSR count). The van der Waals surface area contributed by atoms with E-state index in [9.17, 15) is 9.59 Å². The maximum Gasteiger partial charge on any atom is 0.200 e. The molecule has 0 heterocycles. The Labute approximate surface area is 180 Å². The van der Waals surface area contributed by atoms with E-state index in [1.165, 1.54) is 12.8 Å². The topological polar surface area (TPSA) is 46.2 Å². The summed E-state index contributed by atoms with van der Waals surface area (Å²) in [5.74, 6) is 1.83. The molecule has 1 unspecified atom stereocenters. The van der Waals surface area contributed by atoms with Crippen LogP contribution in [0.25, 0.3) is 0 Å². The van der Waals surface area contributed by atoms with Crippen molar-refractivity contribution in [3.05, 3.63) is 14.0 Å². The van der Waals surface area contributed by atoms with Gasteiger partial charge in [0.25, 0.3) is 0 Å². The van der Waals surface area contributed by atoms with Gasteiger partial charge in [0.1, 0.15) is 5.78 Å². The van der Waals surface area contributed by atoms with Gasteiger partial charge in [0, 0.05) is 38.1 Å². The molecule has 1 radical (unpaired) electrons. The number of Topliss-reactive ketones (excluding diaryl/α,β-unsaturated/α-hetero) is 1. The summed E-state index contributed by atoms with van der Waals surface area (Å²) in [6, 6.07) is 0. The van der Waals surface area contributed by atoms with Gasteiger partial charge in [-0.25, -0.2) is 0 Å². The number of carbonyl (C=O) groups is 2. The van der Waals surface area contributed by atoms with Crippen molar-refractivity contribution in [2.45, 2.75) is 67.7 Å². The Bertz CT molecular complexity index is 346. The zero-order chi connectivity index (χ0) is 18.7. The average Bonchev–Trinajstić information content (AvgIpc) is 2.40. The third-order valence-corrected chi connectivity index (χ3v) is 4.08. The van der Waals surface area contributed by atoms with Crippen LogP contribution >= 0.6 is 11.8 Å². The van der Waals surface area contributed by atoms with Crippen molar-refractivity contribution in [2.75, 3.05) is 11.5 Å². The molecule has 0 aliphatic rings. The first-order chi connectivity index (χ1) is 10.3. The standard InChI is InChI=1S/C12H23O.C7H14NOS.Y/c1-9(8-11(2,3)4)10(13)12(5,6)7;1-3-4-5-10-6-7(9)8-2;/h9H,1,8H2,2-7H3;2-6H2,1H3,(H,8,9);/q2*-1;. The molecule has 0 aliphatic heterocycles. The summed E-state index contributed by atoms with van der Waals surface area (Å²) in [6.07, 6.45) is 3.25. The SMILES string of the molecule is [CH2-]C(CC(C)(C)C)C(=O)C(C)(C)C.[CH2-]NC(=O)CSCCCC.[Y]. The Morgan fingerprint density at radius 1 is 1.12 bits per heavy atom. The number of carbonyl (C=O) groups excluding carboxylic acids is 2. The van der Waals surface area contributed by atoms with Crippen LogP contribution in [0, 0.1) is 30.7 Å². The van der Waals surface area contributed by atoms with E-state index in [0.29, 0.717) is 5.75 Å². The van der Waals surface area contributed by atoms with Gasteiger partial charge in [-0.1, -0.05) is 61.3 Å². The second kappa shape index (κ2) is 14.7. The molecule has 141 valence electrons. The van der Waals surface area contributed by atoms with Crippen LogP contribution in [-0.4, -0.2) is 23.2 Å². The van der Waals surface area contributed by atoms with Crippen molar-refractivity contribution in [1.29, 1.82) is 0 Å². The van der Waals surface area contributed by atoms with E-state index < -0.39 is 0 Å². The molecule has 24 heavy (non-hydrogen) atoms. The maximum absolute atomic E-state index is 11.8.